The molecule has 0 aromatic carbocycles. The molecule has 0 saturated heterocycles. The van der Waals surface area contributed by atoms with Crippen molar-refractivity contribution in [3.63, 3.8) is 0 Å². The van der Waals surface area contributed by atoms with Crippen molar-refractivity contribution in [2.24, 2.45) is 11.7 Å². The highest BCUT2D eigenvalue weighted by Crippen LogP contribution is 2.07. The number of primary amides is 1. The molecule has 88 valence electrons. The van der Waals surface area contributed by atoms with Gasteiger partial charge < -0.3 is 11.1 Å². The number of aromatic nitrogens is 1. The molecule has 0 atom stereocenters. The quantitative estimate of drug-likeness (QED) is 0.722. The largest absolute Gasteiger partial charge is 0.370 e. The number of anilines is 1. The molecular weight excluding hydrogens is 202 g/mol. The lowest BCUT2D eigenvalue weighted by atomic mass is 10.1. The van der Waals surface area contributed by atoms with Gasteiger partial charge in [-0.3, -0.25) is 4.79 Å². The van der Waals surface area contributed by atoms with E-state index in [1.165, 1.54) is 12.6 Å². The highest BCUT2D eigenvalue weighted by Gasteiger charge is 2.00. The SMILES string of the molecule is CC(C)CCCNc1ccc(C(N)=O)cn1. The molecular formula is C12H19N3O. The summed E-state index contributed by atoms with van der Waals surface area (Å²) in [5.41, 5.74) is 5.56. The van der Waals surface area contributed by atoms with E-state index in [0.717, 1.165) is 24.7 Å². The van der Waals surface area contributed by atoms with Crippen molar-refractivity contribution < 1.29 is 4.79 Å². The van der Waals surface area contributed by atoms with Gasteiger partial charge >= 0.3 is 0 Å². The van der Waals surface area contributed by atoms with Crippen LogP contribution in [0.3, 0.4) is 0 Å². The minimum atomic E-state index is -0.446. The van der Waals surface area contributed by atoms with Crippen LogP contribution in [-0.4, -0.2) is 17.4 Å². The molecule has 0 spiro atoms. The van der Waals surface area contributed by atoms with Gasteiger partial charge in [0.15, 0.2) is 0 Å². The van der Waals surface area contributed by atoms with Crippen molar-refractivity contribution >= 4 is 11.7 Å². The predicted molar refractivity (Wildman–Crippen MR) is 65.3 cm³/mol. The van der Waals surface area contributed by atoms with Crippen molar-refractivity contribution in [1.82, 2.24) is 4.98 Å². The van der Waals surface area contributed by atoms with Gasteiger partial charge in [0.1, 0.15) is 5.82 Å². The lowest BCUT2D eigenvalue weighted by Gasteiger charge is -2.07. The van der Waals surface area contributed by atoms with E-state index >= 15 is 0 Å². The van der Waals surface area contributed by atoms with Gasteiger partial charge in [0.05, 0.1) is 5.56 Å². The van der Waals surface area contributed by atoms with Gasteiger partial charge in [-0.25, -0.2) is 4.98 Å². The molecule has 4 heteroatoms. The van der Waals surface area contributed by atoms with Crippen LogP contribution in [0.5, 0.6) is 0 Å². The number of rotatable bonds is 6. The maximum Gasteiger partial charge on any atom is 0.250 e. The Morgan fingerprint density at radius 3 is 2.75 bits per heavy atom. The molecule has 1 aromatic heterocycles. The van der Waals surface area contributed by atoms with Crippen LogP contribution < -0.4 is 11.1 Å². The Balaban J connectivity index is 2.35. The second kappa shape index (κ2) is 6.10. The van der Waals surface area contributed by atoms with E-state index in [9.17, 15) is 4.79 Å². The zero-order valence-electron chi connectivity index (χ0n) is 9.86. The minimum absolute atomic E-state index is 0.438. The van der Waals surface area contributed by atoms with E-state index in [1.807, 2.05) is 0 Å². The summed E-state index contributed by atoms with van der Waals surface area (Å²) < 4.78 is 0. The van der Waals surface area contributed by atoms with Gasteiger partial charge in [0.25, 0.3) is 0 Å². The summed E-state index contributed by atoms with van der Waals surface area (Å²) in [5, 5.41) is 3.20. The molecule has 0 unspecified atom stereocenters. The zero-order chi connectivity index (χ0) is 12.0. The monoisotopic (exact) mass is 221 g/mol. The third-order valence-electron chi connectivity index (χ3n) is 2.31. The number of carbonyl (C=O) groups is 1. The summed E-state index contributed by atoms with van der Waals surface area (Å²) in [6, 6.07) is 3.45. The molecule has 0 aliphatic rings. The van der Waals surface area contributed by atoms with E-state index in [1.54, 1.807) is 12.1 Å². The van der Waals surface area contributed by atoms with Crippen molar-refractivity contribution in [2.45, 2.75) is 26.7 Å². The second-order valence-electron chi connectivity index (χ2n) is 4.26. The average molecular weight is 221 g/mol. The minimum Gasteiger partial charge on any atom is -0.370 e. The Hall–Kier alpha value is -1.58. The van der Waals surface area contributed by atoms with E-state index < -0.39 is 5.91 Å². The fourth-order valence-corrected chi connectivity index (χ4v) is 1.37. The third-order valence-corrected chi connectivity index (χ3v) is 2.31. The summed E-state index contributed by atoms with van der Waals surface area (Å²) in [4.78, 5) is 14.9. The molecule has 1 amide bonds. The molecule has 0 saturated carbocycles. The molecule has 16 heavy (non-hydrogen) atoms. The van der Waals surface area contributed by atoms with Crippen LogP contribution in [0.1, 0.15) is 37.0 Å². The Bertz CT molecular complexity index is 333. The molecule has 0 aliphatic carbocycles. The standard InChI is InChI=1S/C12H19N3O/c1-9(2)4-3-7-14-11-6-5-10(8-15-11)12(13)16/h5-6,8-9H,3-4,7H2,1-2H3,(H2,13,16)(H,14,15). The summed E-state index contributed by atoms with van der Waals surface area (Å²) in [5.74, 6) is 1.07. The van der Waals surface area contributed by atoms with Crippen LogP contribution in [0, 0.1) is 5.92 Å². The number of nitrogens with two attached hydrogens (primary N) is 1. The zero-order valence-corrected chi connectivity index (χ0v) is 9.86. The highest BCUT2D eigenvalue weighted by molar-refractivity contribution is 5.92. The first-order valence-corrected chi connectivity index (χ1v) is 5.59. The molecule has 0 bridgehead atoms. The summed E-state index contributed by atoms with van der Waals surface area (Å²) in [7, 11) is 0. The number of amides is 1. The molecule has 0 fully saturated rings. The third kappa shape index (κ3) is 4.29. The Labute approximate surface area is 96.3 Å². The molecule has 1 aromatic rings. The predicted octanol–water partition coefficient (Wildman–Crippen LogP) is 2.03. The lowest BCUT2D eigenvalue weighted by Crippen LogP contribution is -2.11. The van der Waals surface area contributed by atoms with Gasteiger partial charge in [-0.1, -0.05) is 13.8 Å². The van der Waals surface area contributed by atoms with Gasteiger partial charge in [0, 0.05) is 12.7 Å². The van der Waals surface area contributed by atoms with Crippen molar-refractivity contribution in [2.75, 3.05) is 11.9 Å². The summed E-state index contributed by atoms with van der Waals surface area (Å²) in [6.07, 6.45) is 3.82. The second-order valence-corrected chi connectivity index (χ2v) is 4.26. The summed E-state index contributed by atoms with van der Waals surface area (Å²) >= 11 is 0. The molecule has 3 N–H and O–H groups in total. The van der Waals surface area contributed by atoms with Crippen LogP contribution in [0.2, 0.25) is 0 Å². The van der Waals surface area contributed by atoms with Gasteiger partial charge in [-0.2, -0.15) is 0 Å². The number of carbonyl (C=O) groups excluding carboxylic acids is 1. The van der Waals surface area contributed by atoms with Crippen molar-refractivity contribution in [3.8, 4) is 0 Å². The highest BCUT2D eigenvalue weighted by atomic mass is 16.1. The summed E-state index contributed by atoms with van der Waals surface area (Å²) in [6.45, 7) is 5.32. The first kappa shape index (κ1) is 12.5. The average Bonchev–Trinajstić information content (AvgIpc) is 2.25. The molecule has 0 radical (unpaired) electrons. The fourth-order valence-electron chi connectivity index (χ4n) is 1.37. The van der Waals surface area contributed by atoms with Crippen LogP contribution >= 0.6 is 0 Å². The van der Waals surface area contributed by atoms with Gasteiger partial charge in [-0.05, 0) is 30.9 Å². The first-order valence-electron chi connectivity index (χ1n) is 5.59. The number of hydrogen-bond acceptors (Lipinski definition) is 3. The Kier molecular flexibility index (Phi) is 4.76. The first-order chi connectivity index (χ1) is 7.59. The number of nitrogens with zero attached hydrogens (tertiary/aromatic N) is 1. The maximum atomic E-state index is 10.8. The number of nitrogens with one attached hydrogen (secondary N) is 1. The van der Waals surface area contributed by atoms with E-state index in [-0.39, 0.29) is 0 Å². The van der Waals surface area contributed by atoms with Crippen LogP contribution in [0.25, 0.3) is 0 Å². The smallest absolute Gasteiger partial charge is 0.250 e. The molecule has 1 rings (SSSR count). The lowest BCUT2D eigenvalue weighted by molar-refractivity contribution is 0.1000. The van der Waals surface area contributed by atoms with Crippen LogP contribution in [0.4, 0.5) is 5.82 Å². The van der Waals surface area contributed by atoms with Gasteiger partial charge in [0.2, 0.25) is 5.91 Å². The Morgan fingerprint density at radius 2 is 2.25 bits per heavy atom. The molecule has 4 nitrogen and oxygen atoms in total. The van der Waals surface area contributed by atoms with E-state index in [4.69, 9.17) is 5.73 Å². The Morgan fingerprint density at radius 1 is 1.50 bits per heavy atom. The normalized spacial score (nSPS) is 10.4. The van der Waals surface area contributed by atoms with E-state index in [2.05, 4.69) is 24.1 Å². The van der Waals surface area contributed by atoms with Crippen LogP contribution in [0.15, 0.2) is 18.3 Å². The van der Waals surface area contributed by atoms with Crippen molar-refractivity contribution in [3.05, 3.63) is 23.9 Å². The van der Waals surface area contributed by atoms with Crippen molar-refractivity contribution in [1.29, 1.82) is 0 Å². The number of pyridine rings is 1. The van der Waals surface area contributed by atoms with Gasteiger partial charge in [-0.15, -0.1) is 0 Å². The topological polar surface area (TPSA) is 68.0 Å². The maximum absolute atomic E-state index is 10.8. The van der Waals surface area contributed by atoms with Crippen LogP contribution in [-0.2, 0) is 0 Å². The van der Waals surface area contributed by atoms with E-state index in [0.29, 0.717) is 5.56 Å². The molecule has 0 aliphatic heterocycles. The number of hydrogen-bond donors (Lipinski definition) is 2. The molecule has 1 heterocycles. The fraction of sp³-hybridized carbons (Fsp3) is 0.500.